The van der Waals surface area contributed by atoms with Gasteiger partial charge in [-0.1, -0.05) is 44.9 Å². The lowest BCUT2D eigenvalue weighted by molar-refractivity contribution is -0.211. The van der Waals surface area contributed by atoms with Gasteiger partial charge in [-0.2, -0.15) is 13.2 Å². The van der Waals surface area contributed by atoms with Crippen LogP contribution in [0, 0.1) is 19.3 Å². The van der Waals surface area contributed by atoms with Crippen LogP contribution >= 0.6 is 22.7 Å². The van der Waals surface area contributed by atoms with Crippen LogP contribution in [0.15, 0.2) is 30.7 Å². The zero-order chi connectivity index (χ0) is 24.1. The highest BCUT2D eigenvalue weighted by atomic mass is 32.1. The fourth-order valence-electron chi connectivity index (χ4n) is 3.94. The lowest BCUT2D eigenvalue weighted by Gasteiger charge is -2.26. The first-order valence-corrected chi connectivity index (χ1v) is 12.4. The lowest BCUT2D eigenvalue weighted by atomic mass is 9.89. The summed E-state index contributed by atoms with van der Waals surface area (Å²) in [5, 5.41) is 0.486. The maximum absolute atomic E-state index is 13.4. The third-order valence-corrected chi connectivity index (χ3v) is 8.10. The van der Waals surface area contributed by atoms with E-state index < -0.39 is 11.6 Å². The van der Waals surface area contributed by atoms with Gasteiger partial charge in [-0.05, 0) is 31.9 Å². The molecule has 0 N–H and O–H groups in total. The number of benzene rings is 1. The van der Waals surface area contributed by atoms with E-state index >= 15 is 0 Å². The molecular weight excluding hydrogens is 463 g/mol. The van der Waals surface area contributed by atoms with Crippen molar-refractivity contribution < 1.29 is 13.2 Å². The molecule has 0 saturated carbocycles. The summed E-state index contributed by atoms with van der Waals surface area (Å²) in [4.78, 5) is 15.5. The van der Waals surface area contributed by atoms with Crippen LogP contribution < -0.4 is 0 Å². The molecule has 0 aliphatic carbocycles. The quantitative estimate of drug-likeness (QED) is 0.283. The van der Waals surface area contributed by atoms with Crippen LogP contribution in [0.4, 0.5) is 13.2 Å². The molecule has 0 saturated heterocycles. The van der Waals surface area contributed by atoms with Gasteiger partial charge in [0.1, 0.15) is 6.33 Å². The second kappa shape index (κ2) is 8.47. The van der Waals surface area contributed by atoms with Crippen molar-refractivity contribution in [2.24, 2.45) is 5.41 Å². The van der Waals surface area contributed by atoms with E-state index in [9.17, 15) is 13.2 Å². The van der Waals surface area contributed by atoms with Crippen molar-refractivity contribution in [1.82, 2.24) is 15.0 Å². The molecule has 0 fully saturated rings. The van der Waals surface area contributed by atoms with Crippen LogP contribution in [0.3, 0.4) is 0 Å². The summed E-state index contributed by atoms with van der Waals surface area (Å²) in [5.74, 6) is 0.188. The van der Waals surface area contributed by atoms with E-state index in [4.69, 9.17) is 0 Å². The Hall–Kier alpha value is -2.32. The normalized spacial score (nSPS) is 12.8. The highest BCUT2D eigenvalue weighted by Crippen LogP contribution is 2.47. The highest BCUT2D eigenvalue weighted by Gasteiger charge is 2.47. The van der Waals surface area contributed by atoms with Gasteiger partial charge in [-0.15, -0.1) is 22.7 Å². The number of hydrogen-bond acceptors (Lipinski definition) is 5. The number of aromatic nitrogens is 3. The minimum Gasteiger partial charge on any atom is -0.249 e. The first kappa shape index (κ1) is 23.8. The van der Waals surface area contributed by atoms with E-state index in [1.807, 2.05) is 0 Å². The Labute approximate surface area is 199 Å². The van der Waals surface area contributed by atoms with Crippen LogP contribution in [0.1, 0.15) is 55.3 Å². The van der Waals surface area contributed by atoms with Gasteiger partial charge >= 0.3 is 6.18 Å². The molecule has 33 heavy (non-hydrogen) atoms. The van der Waals surface area contributed by atoms with Crippen LogP contribution in [-0.2, 0) is 6.42 Å². The first-order valence-electron chi connectivity index (χ1n) is 10.8. The molecule has 3 heterocycles. The van der Waals surface area contributed by atoms with Gasteiger partial charge in [-0.3, -0.25) is 0 Å². The predicted molar refractivity (Wildman–Crippen MR) is 131 cm³/mol. The second-order valence-corrected chi connectivity index (χ2v) is 11.6. The van der Waals surface area contributed by atoms with Gasteiger partial charge in [0, 0.05) is 23.7 Å². The smallest absolute Gasteiger partial charge is 0.249 e. The Morgan fingerprint density at radius 1 is 0.939 bits per heavy atom. The van der Waals surface area contributed by atoms with E-state index in [1.54, 1.807) is 23.9 Å². The molecule has 4 aromatic rings. The Balaban J connectivity index is 1.84. The van der Waals surface area contributed by atoms with E-state index in [-0.39, 0.29) is 12.3 Å². The second-order valence-electron chi connectivity index (χ2n) is 9.45. The average Bonchev–Trinajstić information content (AvgIpc) is 3.29. The Kier molecular flexibility index (Phi) is 6.12. The number of fused-ring (bicyclic) bond motifs is 1. The van der Waals surface area contributed by atoms with Crippen LogP contribution in [0.5, 0.6) is 0 Å². The van der Waals surface area contributed by atoms with Gasteiger partial charge in [0.05, 0.1) is 36.1 Å². The first-order chi connectivity index (χ1) is 15.4. The average molecular weight is 490 g/mol. The molecule has 0 spiro atoms. The molecule has 8 heteroatoms. The monoisotopic (exact) mass is 489 g/mol. The number of thiazole rings is 1. The molecule has 3 aromatic heterocycles. The topological polar surface area (TPSA) is 38.7 Å². The van der Waals surface area contributed by atoms with Crippen LogP contribution in [0.25, 0.3) is 31.2 Å². The van der Waals surface area contributed by atoms with E-state index in [0.29, 0.717) is 5.01 Å². The number of thiophene rings is 1. The number of rotatable bonds is 5. The summed E-state index contributed by atoms with van der Waals surface area (Å²) >= 11 is 2.93. The third-order valence-electron chi connectivity index (χ3n) is 5.72. The minimum absolute atomic E-state index is 0.142. The number of halogens is 3. The molecule has 0 bridgehead atoms. The largest absolute Gasteiger partial charge is 0.394 e. The zero-order valence-electron chi connectivity index (χ0n) is 19.5. The van der Waals surface area contributed by atoms with Gasteiger partial charge in [0.15, 0.2) is 0 Å². The summed E-state index contributed by atoms with van der Waals surface area (Å²) < 4.78 is 41.1. The number of hydrogen-bond donors (Lipinski definition) is 0. The van der Waals surface area contributed by atoms with Crippen molar-refractivity contribution in [3.8, 4) is 21.0 Å². The maximum Gasteiger partial charge on any atom is 0.394 e. The number of alkyl halides is 3. The van der Waals surface area contributed by atoms with Gasteiger partial charge in [0.25, 0.3) is 0 Å². The molecule has 0 aliphatic rings. The molecule has 0 atom stereocenters. The summed E-state index contributed by atoms with van der Waals surface area (Å²) in [7, 11) is 0. The molecular formula is C25H26F3N3S2. The number of nitrogens with zero attached hydrogens (tertiary/aromatic N) is 3. The van der Waals surface area contributed by atoms with Crippen molar-refractivity contribution in [3.63, 3.8) is 0 Å². The maximum atomic E-state index is 13.4. The molecule has 0 aliphatic heterocycles. The molecule has 1 aromatic carbocycles. The molecule has 0 unspecified atom stereocenters. The minimum atomic E-state index is -4.28. The molecule has 0 amide bonds. The van der Waals surface area contributed by atoms with E-state index in [2.05, 4.69) is 60.8 Å². The fraction of sp³-hybridized carbons (Fsp3) is 0.400. The summed E-state index contributed by atoms with van der Waals surface area (Å²) in [6.07, 6.45) is -1.12. The molecule has 4 rings (SSSR count). The Morgan fingerprint density at radius 3 is 2.21 bits per heavy atom. The molecule has 0 radical (unpaired) electrons. The van der Waals surface area contributed by atoms with Crippen molar-refractivity contribution in [2.45, 2.75) is 60.1 Å². The van der Waals surface area contributed by atoms with Gasteiger partial charge in [-0.25, -0.2) is 15.0 Å². The van der Waals surface area contributed by atoms with Crippen molar-refractivity contribution in [3.05, 3.63) is 52.4 Å². The van der Waals surface area contributed by atoms with Crippen molar-refractivity contribution in [1.29, 1.82) is 0 Å². The fourth-order valence-corrected chi connectivity index (χ4v) is 6.61. The van der Waals surface area contributed by atoms with E-state index in [0.717, 1.165) is 47.9 Å². The predicted octanol–water partition coefficient (Wildman–Crippen LogP) is 8.35. The summed E-state index contributed by atoms with van der Waals surface area (Å²) in [6.45, 7) is 10.8. The van der Waals surface area contributed by atoms with Gasteiger partial charge < -0.3 is 0 Å². The van der Waals surface area contributed by atoms with Crippen molar-refractivity contribution in [2.75, 3.05) is 0 Å². The summed E-state index contributed by atoms with van der Waals surface area (Å²) in [5.41, 5.74) is 4.42. The van der Waals surface area contributed by atoms with E-state index in [1.165, 1.54) is 25.2 Å². The Morgan fingerprint density at radius 2 is 1.61 bits per heavy atom. The SMILES string of the molecule is Cc1cc(C)cc(-c2ncnc3c(C(C)C)c(-c4cnc(CC(C)(C)C(F)(F)F)s4)sc23)c1. The highest BCUT2D eigenvalue weighted by molar-refractivity contribution is 7.26. The molecule has 174 valence electrons. The third kappa shape index (κ3) is 4.55. The molecule has 3 nitrogen and oxygen atoms in total. The zero-order valence-corrected chi connectivity index (χ0v) is 21.1. The Bertz CT molecular complexity index is 1300. The lowest BCUT2D eigenvalue weighted by Crippen LogP contribution is -2.34. The van der Waals surface area contributed by atoms with Crippen LogP contribution in [0.2, 0.25) is 0 Å². The van der Waals surface area contributed by atoms with Crippen LogP contribution in [-0.4, -0.2) is 21.1 Å². The standard InChI is InChI=1S/C25H26F3N3S2/c1-13(2)19-21-23(20(30-12-31-21)16-8-14(3)7-15(4)9-16)33-22(19)17-11-29-18(32-17)10-24(5,6)25(26,27)28/h7-9,11-13H,10H2,1-6H3. The number of aryl methyl sites for hydroxylation is 2. The van der Waals surface area contributed by atoms with Gasteiger partial charge in [0.2, 0.25) is 0 Å². The summed E-state index contributed by atoms with van der Waals surface area (Å²) in [6, 6.07) is 6.36. The van der Waals surface area contributed by atoms with Crippen molar-refractivity contribution >= 4 is 32.9 Å².